The number of anilines is 4. The number of nitrogens with zero attached hydrogens (tertiary/aromatic N) is 6. The van der Waals surface area contributed by atoms with E-state index in [4.69, 9.17) is 39.6 Å². The molecule has 4 aromatic heterocycles. The van der Waals surface area contributed by atoms with Crippen LogP contribution in [0.5, 0.6) is 23.0 Å². The summed E-state index contributed by atoms with van der Waals surface area (Å²) >= 11 is 6.02. The third-order valence-corrected chi connectivity index (χ3v) is 8.71. The second-order valence-corrected chi connectivity index (χ2v) is 15.3. The molecule has 0 radical (unpaired) electrons. The standard InChI is InChI=1S/C16H13ClN3O2.C16H14N3O2.2C7H10NO.2K/c1-21-13-8-11-12(9-14(13)22-2)19-16(17)20-15(11)18-10-6-4-3-5-7-10;1-20-14-8-12-13(9-15(14)21-2)17-10-18-16(12)19-11-6-4-3-5-7-11;2*1-7(2,3)6-4-5-8-9-6;;/h4-9H,1-2H3,(H,18,19,20);4-10H,1-2H3,(H,17,18,19);2*4H,1-3H3;;/q4*-1;2*+1. The Bertz CT molecular complexity index is 2530. The van der Waals surface area contributed by atoms with Gasteiger partial charge in [0.15, 0.2) is 23.0 Å². The molecule has 0 fully saturated rings. The van der Waals surface area contributed by atoms with E-state index in [0.717, 1.165) is 39.2 Å². The summed E-state index contributed by atoms with van der Waals surface area (Å²) in [7, 11) is 6.37. The molecule has 0 amide bonds. The molecule has 8 rings (SSSR count). The smallest absolute Gasteiger partial charge is 0.493 e. The van der Waals surface area contributed by atoms with Crippen molar-refractivity contribution in [3.63, 3.8) is 0 Å². The fourth-order valence-electron chi connectivity index (χ4n) is 5.30. The molecule has 0 aliphatic carbocycles. The number of fused-ring (bicyclic) bond motifs is 2. The summed E-state index contributed by atoms with van der Waals surface area (Å²) in [6.45, 7) is 12.4. The quantitative estimate of drug-likeness (QED) is 0.124. The van der Waals surface area contributed by atoms with Crippen LogP contribution in [0.3, 0.4) is 0 Å². The Labute approximate surface area is 458 Å². The Kier molecular flexibility index (Phi) is 21.9. The fraction of sp³-hybridized carbons (Fsp3) is 0.261. The normalized spacial score (nSPS) is 10.5. The van der Waals surface area contributed by atoms with E-state index in [1.807, 2.05) is 66.7 Å². The maximum absolute atomic E-state index is 6.02. The molecule has 14 nitrogen and oxygen atoms in total. The zero-order chi connectivity index (χ0) is 44.0. The molecular formula is C46H47ClK2N8O6-2. The van der Waals surface area contributed by atoms with Gasteiger partial charge in [-0.3, -0.25) is 0 Å². The average molecular weight is 922 g/mol. The van der Waals surface area contributed by atoms with Crippen molar-refractivity contribution in [1.29, 1.82) is 0 Å². The van der Waals surface area contributed by atoms with Crippen molar-refractivity contribution in [3.8, 4) is 23.0 Å². The van der Waals surface area contributed by atoms with E-state index in [2.05, 4.69) is 107 Å². The zero-order valence-corrected chi connectivity index (χ0v) is 44.7. The van der Waals surface area contributed by atoms with E-state index in [1.54, 1.807) is 46.6 Å². The molecule has 2 N–H and O–H groups in total. The molecule has 8 aromatic rings. The van der Waals surface area contributed by atoms with Crippen LogP contribution in [0.1, 0.15) is 53.1 Å². The van der Waals surface area contributed by atoms with E-state index in [1.165, 1.54) is 6.33 Å². The van der Waals surface area contributed by atoms with Crippen LogP contribution in [0.2, 0.25) is 5.28 Å². The van der Waals surface area contributed by atoms with Crippen molar-refractivity contribution in [2.24, 2.45) is 0 Å². The van der Waals surface area contributed by atoms with Gasteiger partial charge in [0.05, 0.1) is 39.5 Å². The minimum Gasteiger partial charge on any atom is -0.493 e. The number of halogens is 1. The van der Waals surface area contributed by atoms with E-state index < -0.39 is 0 Å². The summed E-state index contributed by atoms with van der Waals surface area (Å²) in [6.07, 6.45) is 6.76. The summed E-state index contributed by atoms with van der Waals surface area (Å²) in [6, 6.07) is 31.7. The molecule has 0 aliphatic heterocycles. The summed E-state index contributed by atoms with van der Waals surface area (Å²) in [5, 5.41) is 15.3. The number of hydrogen-bond acceptors (Lipinski definition) is 14. The molecule has 0 atom stereocenters. The Hall–Kier alpha value is -3.66. The van der Waals surface area contributed by atoms with Crippen molar-refractivity contribution in [2.75, 3.05) is 39.1 Å². The van der Waals surface area contributed by atoms with Crippen LogP contribution in [-0.2, 0) is 10.8 Å². The third-order valence-electron chi connectivity index (χ3n) is 8.54. The van der Waals surface area contributed by atoms with Gasteiger partial charge < -0.3 is 38.6 Å². The Morgan fingerprint density at radius 3 is 1.37 bits per heavy atom. The fourth-order valence-corrected chi connectivity index (χ4v) is 5.48. The van der Waals surface area contributed by atoms with Crippen molar-refractivity contribution in [3.05, 3.63) is 133 Å². The summed E-state index contributed by atoms with van der Waals surface area (Å²) < 4.78 is 31.0. The second-order valence-electron chi connectivity index (χ2n) is 15.0. The number of rotatable bonds is 8. The topological polar surface area (TPSA) is 165 Å². The SMILES string of the molecule is CC(C)(C)c1c[c-]no1.CC(C)(C)c1c[c-]no1.COc1cc2nc(Cl)nc(Nc3cc[c-]cc3)c2cc1OC.COc1cc2ncnc(Nc3cc[c-]cc3)c2cc1OC.[K+].[K+]. The predicted molar refractivity (Wildman–Crippen MR) is 235 cm³/mol. The third kappa shape index (κ3) is 15.8. The van der Waals surface area contributed by atoms with Gasteiger partial charge in [-0.25, -0.2) is 25.3 Å². The van der Waals surface area contributed by atoms with Gasteiger partial charge in [0, 0.05) is 22.9 Å². The molecule has 4 aromatic carbocycles. The molecule has 0 aliphatic rings. The van der Waals surface area contributed by atoms with Gasteiger partial charge in [0.25, 0.3) is 0 Å². The number of hydrogen-bond donors (Lipinski definition) is 2. The van der Waals surface area contributed by atoms with Crippen LogP contribution < -0.4 is 132 Å². The molecule has 63 heavy (non-hydrogen) atoms. The number of benzene rings is 4. The summed E-state index contributed by atoms with van der Waals surface area (Å²) in [5.41, 5.74) is 3.39. The van der Waals surface area contributed by atoms with Crippen LogP contribution in [0, 0.1) is 24.5 Å². The van der Waals surface area contributed by atoms with Gasteiger partial charge in [-0.05, 0) is 46.1 Å². The number of aromatic nitrogens is 6. The molecule has 0 spiro atoms. The Balaban J connectivity index is 0.000000238. The predicted octanol–water partition coefficient (Wildman–Crippen LogP) is 4.59. The molecule has 318 valence electrons. The molecule has 0 saturated carbocycles. The van der Waals surface area contributed by atoms with Crippen LogP contribution >= 0.6 is 11.6 Å². The van der Waals surface area contributed by atoms with E-state index in [0.29, 0.717) is 40.2 Å². The first-order chi connectivity index (χ1) is 29.2. The number of ether oxygens (including phenoxy) is 4. The zero-order valence-electron chi connectivity index (χ0n) is 37.7. The molecular weight excluding hydrogens is 874 g/mol. The molecule has 17 heteroatoms. The maximum atomic E-state index is 6.02. The van der Waals surface area contributed by atoms with Gasteiger partial charge in [0.2, 0.25) is 5.28 Å². The van der Waals surface area contributed by atoms with Crippen LogP contribution in [-0.4, -0.2) is 58.7 Å². The Morgan fingerprint density at radius 1 is 0.556 bits per heavy atom. The molecule has 0 bridgehead atoms. The minimum absolute atomic E-state index is 0. The van der Waals surface area contributed by atoms with Gasteiger partial charge in [-0.1, -0.05) is 52.9 Å². The van der Waals surface area contributed by atoms with E-state index in [-0.39, 0.29) is 119 Å². The molecule has 0 unspecified atom stereocenters. The minimum atomic E-state index is 0. The van der Waals surface area contributed by atoms with Crippen molar-refractivity contribution < 1.29 is 131 Å². The van der Waals surface area contributed by atoms with Gasteiger partial charge >= 0.3 is 103 Å². The summed E-state index contributed by atoms with van der Waals surface area (Å²) in [4.78, 5) is 17.1. The van der Waals surface area contributed by atoms with Crippen LogP contribution in [0.4, 0.5) is 23.0 Å². The van der Waals surface area contributed by atoms with Crippen LogP contribution in [0.25, 0.3) is 21.8 Å². The van der Waals surface area contributed by atoms with Crippen molar-refractivity contribution in [1.82, 2.24) is 30.2 Å². The van der Waals surface area contributed by atoms with Crippen molar-refractivity contribution >= 4 is 56.4 Å². The van der Waals surface area contributed by atoms with E-state index in [9.17, 15) is 0 Å². The van der Waals surface area contributed by atoms with Crippen LogP contribution in [0.15, 0.2) is 100 Å². The first-order valence-corrected chi connectivity index (χ1v) is 19.2. The number of nitrogens with one attached hydrogen (secondary N) is 2. The maximum Gasteiger partial charge on any atom is 1.00 e. The first-order valence-electron chi connectivity index (χ1n) is 18.8. The first kappa shape index (κ1) is 53.7. The molecule has 0 saturated heterocycles. The van der Waals surface area contributed by atoms with Gasteiger partial charge in [-0.15, -0.1) is 36.7 Å². The molecule has 4 heterocycles. The second kappa shape index (κ2) is 25.7. The largest absolute Gasteiger partial charge is 1.00 e. The van der Waals surface area contributed by atoms with Crippen molar-refractivity contribution in [2.45, 2.75) is 52.4 Å². The van der Waals surface area contributed by atoms with E-state index >= 15 is 0 Å². The summed E-state index contributed by atoms with van der Waals surface area (Å²) in [5.74, 6) is 5.54. The monoisotopic (exact) mass is 920 g/mol. The van der Waals surface area contributed by atoms with Gasteiger partial charge in [-0.2, -0.15) is 53.5 Å². The van der Waals surface area contributed by atoms with Gasteiger partial charge in [0.1, 0.15) is 18.0 Å². The Morgan fingerprint density at radius 2 is 0.968 bits per heavy atom. The average Bonchev–Trinajstić information content (AvgIpc) is 4.01. The number of methoxy groups -OCH3 is 4.